The Balaban J connectivity index is 1.47. The summed E-state index contributed by atoms with van der Waals surface area (Å²) in [6, 6.07) is 24.8. The molecular formula is C30H26FNO6S. The van der Waals surface area contributed by atoms with Crippen molar-refractivity contribution in [2.75, 3.05) is 4.90 Å². The number of nitrogens with zero attached hydrogens (tertiary/aromatic N) is 1. The first kappa shape index (κ1) is 26.6. The minimum absolute atomic E-state index is 0.122. The molecule has 4 aromatic carbocycles. The number of amides is 1. The number of carbonyl (C=O) groups excluding carboxylic acids is 1. The highest BCUT2D eigenvalue weighted by atomic mass is 32.2. The van der Waals surface area contributed by atoms with Crippen LogP contribution in [0.1, 0.15) is 36.1 Å². The number of para-hydroxylation sites is 1. The molecule has 1 aliphatic heterocycles. The van der Waals surface area contributed by atoms with E-state index in [-0.39, 0.29) is 22.2 Å². The van der Waals surface area contributed by atoms with Crippen LogP contribution in [-0.2, 0) is 14.9 Å². The van der Waals surface area contributed by atoms with Crippen molar-refractivity contribution in [3.8, 4) is 16.9 Å². The van der Waals surface area contributed by atoms with E-state index in [1.165, 1.54) is 47.4 Å². The third-order valence-corrected chi connectivity index (χ3v) is 7.92. The van der Waals surface area contributed by atoms with Gasteiger partial charge in [0.1, 0.15) is 11.6 Å². The van der Waals surface area contributed by atoms with Gasteiger partial charge in [-0.2, -0.15) is 8.42 Å². The fourth-order valence-corrected chi connectivity index (χ4v) is 5.63. The smallest absolute Gasteiger partial charge is 0.294 e. The first-order chi connectivity index (χ1) is 18.6. The molecule has 1 amide bonds. The number of aliphatic hydroxyl groups excluding tert-OH is 1. The molecule has 3 atom stereocenters. The number of aliphatic hydroxyl groups is 1. The third kappa shape index (κ3) is 5.29. The van der Waals surface area contributed by atoms with Gasteiger partial charge >= 0.3 is 0 Å². The quantitative estimate of drug-likeness (QED) is 0.194. The number of β-lactam (4-membered cyclic amide) rings is 1. The number of hydrogen-bond donors (Lipinski definition) is 3. The predicted octanol–water partition coefficient (Wildman–Crippen LogP) is 5.66. The van der Waals surface area contributed by atoms with E-state index in [1.807, 2.05) is 30.3 Å². The normalized spacial score (nSPS) is 18.0. The van der Waals surface area contributed by atoms with Gasteiger partial charge in [0.25, 0.3) is 10.1 Å². The Bertz CT molecular complexity index is 1630. The van der Waals surface area contributed by atoms with Gasteiger partial charge in [0.2, 0.25) is 5.91 Å². The molecule has 1 saturated heterocycles. The van der Waals surface area contributed by atoms with Crippen molar-refractivity contribution >= 4 is 21.7 Å². The van der Waals surface area contributed by atoms with E-state index in [9.17, 15) is 32.4 Å². The van der Waals surface area contributed by atoms with Crippen LogP contribution in [0.5, 0.6) is 5.75 Å². The van der Waals surface area contributed by atoms with Crippen molar-refractivity contribution in [3.63, 3.8) is 0 Å². The number of anilines is 1. The fraction of sp³-hybridized carbons (Fsp3) is 0.167. The lowest BCUT2D eigenvalue weighted by Gasteiger charge is -2.48. The zero-order valence-corrected chi connectivity index (χ0v) is 21.5. The van der Waals surface area contributed by atoms with Gasteiger partial charge in [0.15, 0.2) is 0 Å². The maximum absolute atomic E-state index is 14.7. The van der Waals surface area contributed by atoms with Crippen molar-refractivity contribution in [1.82, 2.24) is 0 Å². The zero-order chi connectivity index (χ0) is 27.7. The number of carbonyl (C=O) groups is 1. The maximum Gasteiger partial charge on any atom is 0.294 e. The first-order valence-corrected chi connectivity index (χ1v) is 13.8. The Morgan fingerprint density at radius 3 is 2.31 bits per heavy atom. The number of rotatable bonds is 8. The van der Waals surface area contributed by atoms with E-state index in [0.29, 0.717) is 29.5 Å². The molecule has 0 unspecified atom stereocenters. The number of hydrogen-bond acceptors (Lipinski definition) is 5. The van der Waals surface area contributed by atoms with Crippen LogP contribution < -0.4 is 4.90 Å². The second-order valence-electron chi connectivity index (χ2n) is 9.49. The summed E-state index contributed by atoms with van der Waals surface area (Å²) in [4.78, 5) is 14.3. The van der Waals surface area contributed by atoms with Gasteiger partial charge in [-0.3, -0.25) is 9.35 Å². The molecule has 1 fully saturated rings. The molecule has 200 valence electrons. The number of halogens is 1. The topological polar surface area (TPSA) is 115 Å². The van der Waals surface area contributed by atoms with Gasteiger partial charge in [0, 0.05) is 5.56 Å². The predicted molar refractivity (Wildman–Crippen MR) is 144 cm³/mol. The van der Waals surface area contributed by atoms with Crippen LogP contribution in [0.15, 0.2) is 102 Å². The Hall–Kier alpha value is -4.05. The molecule has 1 aliphatic rings. The van der Waals surface area contributed by atoms with Gasteiger partial charge in [-0.25, -0.2) is 4.39 Å². The Morgan fingerprint density at radius 1 is 0.897 bits per heavy atom. The Morgan fingerprint density at radius 2 is 1.62 bits per heavy atom. The van der Waals surface area contributed by atoms with Crippen molar-refractivity contribution in [2.45, 2.75) is 29.9 Å². The van der Waals surface area contributed by atoms with Crippen LogP contribution in [0.2, 0.25) is 0 Å². The largest absolute Gasteiger partial charge is 0.507 e. The lowest BCUT2D eigenvalue weighted by molar-refractivity contribution is -0.131. The van der Waals surface area contributed by atoms with Crippen molar-refractivity contribution in [2.24, 2.45) is 5.92 Å². The summed E-state index contributed by atoms with van der Waals surface area (Å²) in [6.07, 6.45) is -0.120. The summed E-state index contributed by atoms with van der Waals surface area (Å²) in [6.45, 7) is 0. The molecular weight excluding hydrogens is 521 g/mol. The molecule has 9 heteroatoms. The maximum atomic E-state index is 14.7. The van der Waals surface area contributed by atoms with E-state index in [0.717, 1.165) is 5.56 Å². The molecule has 0 bridgehead atoms. The van der Waals surface area contributed by atoms with Crippen LogP contribution >= 0.6 is 0 Å². The highest BCUT2D eigenvalue weighted by Gasteiger charge is 2.49. The first-order valence-electron chi connectivity index (χ1n) is 12.4. The van der Waals surface area contributed by atoms with E-state index in [4.69, 9.17) is 0 Å². The average Bonchev–Trinajstić information content (AvgIpc) is 2.92. The lowest BCUT2D eigenvalue weighted by Crippen LogP contribution is -2.55. The SMILES string of the molecule is O=C1[C@H](CC[C@H](O)c2ccccc2)[C@@H](c2ccc(-c3cccc(S(=O)(=O)O)c3)c(O)c2)N1c1ccccc1F. The molecule has 0 spiro atoms. The second kappa shape index (κ2) is 10.6. The number of phenolic OH excluding ortho intramolecular Hbond substituents is 1. The number of aromatic hydroxyl groups is 1. The molecule has 5 rings (SSSR count). The second-order valence-corrected chi connectivity index (χ2v) is 10.9. The van der Waals surface area contributed by atoms with Crippen LogP contribution in [-0.4, -0.2) is 29.1 Å². The lowest BCUT2D eigenvalue weighted by atomic mass is 9.78. The summed E-state index contributed by atoms with van der Waals surface area (Å²) >= 11 is 0. The molecule has 3 N–H and O–H groups in total. The van der Waals surface area contributed by atoms with Gasteiger partial charge in [0.05, 0.1) is 28.6 Å². The molecule has 0 aliphatic carbocycles. The number of benzene rings is 4. The number of phenols is 1. The standard InChI is InChI=1S/C30H26FNO6S/c31-25-11-4-5-12-26(25)32-29(24(30(32)35)15-16-27(33)19-7-2-1-3-8-19)21-13-14-23(28(34)18-21)20-9-6-10-22(17-20)39(36,37)38/h1-14,17-18,24,27,29,33-34H,15-16H2,(H,36,37,38)/t24-,27+,29-/m1/s1. The van der Waals surface area contributed by atoms with Gasteiger partial charge in [-0.1, -0.05) is 66.7 Å². The molecule has 1 heterocycles. The van der Waals surface area contributed by atoms with Gasteiger partial charge < -0.3 is 15.1 Å². The van der Waals surface area contributed by atoms with Crippen LogP contribution in [0.4, 0.5) is 10.1 Å². The molecule has 39 heavy (non-hydrogen) atoms. The summed E-state index contributed by atoms with van der Waals surface area (Å²) in [5, 5.41) is 21.6. The molecule has 7 nitrogen and oxygen atoms in total. The third-order valence-electron chi connectivity index (χ3n) is 7.07. The summed E-state index contributed by atoms with van der Waals surface area (Å²) in [7, 11) is -4.43. The van der Waals surface area contributed by atoms with Crippen molar-refractivity contribution in [1.29, 1.82) is 0 Å². The van der Waals surface area contributed by atoms with E-state index < -0.39 is 34.0 Å². The van der Waals surface area contributed by atoms with Crippen molar-refractivity contribution in [3.05, 3.63) is 114 Å². The molecule has 0 aromatic heterocycles. The Labute approximate surface area is 225 Å². The minimum atomic E-state index is -4.43. The summed E-state index contributed by atoms with van der Waals surface area (Å²) < 4.78 is 47.2. The zero-order valence-electron chi connectivity index (χ0n) is 20.7. The van der Waals surface area contributed by atoms with E-state index in [2.05, 4.69) is 0 Å². The highest BCUT2D eigenvalue weighted by molar-refractivity contribution is 7.85. The fourth-order valence-electron chi connectivity index (χ4n) is 5.11. The van der Waals surface area contributed by atoms with Gasteiger partial charge in [-0.05, 0) is 59.9 Å². The molecule has 0 saturated carbocycles. The van der Waals surface area contributed by atoms with E-state index in [1.54, 1.807) is 24.3 Å². The summed E-state index contributed by atoms with van der Waals surface area (Å²) in [5.41, 5.74) is 2.11. The van der Waals surface area contributed by atoms with E-state index >= 15 is 0 Å². The Kier molecular flexibility index (Phi) is 7.22. The monoisotopic (exact) mass is 547 g/mol. The highest BCUT2D eigenvalue weighted by Crippen LogP contribution is 2.48. The molecule has 4 aromatic rings. The van der Waals surface area contributed by atoms with Crippen LogP contribution in [0.3, 0.4) is 0 Å². The van der Waals surface area contributed by atoms with Gasteiger partial charge in [-0.15, -0.1) is 0 Å². The molecule has 0 radical (unpaired) electrons. The van der Waals surface area contributed by atoms with Crippen LogP contribution in [0, 0.1) is 11.7 Å². The van der Waals surface area contributed by atoms with Crippen LogP contribution in [0.25, 0.3) is 11.1 Å². The summed E-state index contributed by atoms with van der Waals surface area (Å²) in [5.74, 6) is -1.57. The average molecular weight is 548 g/mol. The minimum Gasteiger partial charge on any atom is -0.507 e. The van der Waals surface area contributed by atoms with Crippen molar-refractivity contribution < 1.29 is 32.4 Å².